The van der Waals surface area contributed by atoms with Gasteiger partial charge in [0.1, 0.15) is 27.8 Å². The Bertz CT molecular complexity index is 4120. The van der Waals surface area contributed by atoms with Gasteiger partial charge in [-0.1, -0.05) is 133 Å². The average Bonchev–Trinajstić information content (AvgIpc) is 4.19. The van der Waals surface area contributed by atoms with E-state index in [1.165, 1.54) is 44.5 Å². The molecule has 9 aromatic carbocycles. The molecule has 0 N–H and O–H groups in total. The number of hydrogen-bond donors (Lipinski definition) is 0. The van der Waals surface area contributed by atoms with Gasteiger partial charge in [0.05, 0.1) is 5.41 Å². The Morgan fingerprint density at radius 2 is 0.955 bits per heavy atom. The van der Waals surface area contributed by atoms with E-state index >= 15 is 0 Å². The molecule has 306 valence electrons. The summed E-state index contributed by atoms with van der Waals surface area (Å²) in [6, 6.07) is 67.3. The Balaban J connectivity index is 0.947. The molecule has 0 bridgehead atoms. The van der Waals surface area contributed by atoms with E-state index in [0.717, 1.165) is 77.2 Å². The summed E-state index contributed by atoms with van der Waals surface area (Å²) in [6.07, 6.45) is 0. The highest BCUT2D eigenvalue weighted by Crippen LogP contribution is 2.65. The molecule has 2 aliphatic rings. The zero-order valence-corrected chi connectivity index (χ0v) is 35.0. The first kappa shape index (κ1) is 35.5. The van der Waals surface area contributed by atoms with E-state index in [9.17, 15) is 0 Å². The summed E-state index contributed by atoms with van der Waals surface area (Å²) in [6.45, 7) is 0. The number of fused-ring (bicyclic) bond motifs is 18. The topological polar surface area (TPSA) is 91.0 Å². The third kappa shape index (κ3) is 4.80. The lowest BCUT2D eigenvalue weighted by atomic mass is 9.69. The minimum Gasteiger partial charge on any atom is -0.456 e. The van der Waals surface area contributed by atoms with E-state index in [4.69, 9.17) is 33.2 Å². The first-order valence-electron chi connectivity index (χ1n) is 22.1. The van der Waals surface area contributed by atoms with Gasteiger partial charge in [-0.2, -0.15) is 0 Å². The maximum atomic E-state index is 6.95. The van der Waals surface area contributed by atoms with Gasteiger partial charge in [0.2, 0.25) is 5.89 Å². The number of oxazole rings is 1. The normalized spacial score (nSPS) is 13.3. The largest absolute Gasteiger partial charge is 0.456 e. The standard InChI is InChI=1S/C59H32N4O3/c1-2-13-33(14-3-1)55-61-56(34-15-12-16-36(29-34)58-60-47-22-9-11-24-49(47)66-58)63-57(62-55)35-25-26-41-51(30-35)65-50-28-27-40-42-31-43-39-19-6-10-23-48(39)64-52(43)32-46(42)59(54(40)53(41)50)44-20-7-4-17-37(44)38-18-5-8-21-45(38)59/h1-32H. The van der Waals surface area contributed by atoms with E-state index in [2.05, 4.69) is 109 Å². The molecule has 1 spiro atoms. The van der Waals surface area contributed by atoms with Gasteiger partial charge in [-0.05, 0) is 105 Å². The first-order chi connectivity index (χ1) is 32.7. The summed E-state index contributed by atoms with van der Waals surface area (Å²) >= 11 is 0. The van der Waals surface area contributed by atoms with Gasteiger partial charge < -0.3 is 13.3 Å². The summed E-state index contributed by atoms with van der Waals surface area (Å²) in [5.41, 5.74) is 17.4. The van der Waals surface area contributed by atoms with Gasteiger partial charge >= 0.3 is 0 Å². The van der Waals surface area contributed by atoms with Crippen LogP contribution in [0.5, 0.6) is 0 Å². The molecule has 0 saturated heterocycles. The van der Waals surface area contributed by atoms with Crippen LogP contribution in [0.25, 0.3) is 123 Å². The fraction of sp³-hybridized carbons (Fsp3) is 0.0169. The minimum absolute atomic E-state index is 0.537. The number of hydrogen-bond acceptors (Lipinski definition) is 7. The summed E-state index contributed by atoms with van der Waals surface area (Å²) in [5, 5.41) is 4.34. The molecule has 4 aromatic heterocycles. The molecule has 7 nitrogen and oxygen atoms in total. The number of nitrogens with zero attached hydrogens (tertiary/aromatic N) is 4. The second-order valence-electron chi connectivity index (χ2n) is 17.2. The van der Waals surface area contributed by atoms with Gasteiger partial charge in [-0.25, -0.2) is 19.9 Å². The fourth-order valence-electron chi connectivity index (χ4n) is 11.0. The predicted octanol–water partition coefficient (Wildman–Crippen LogP) is 14.8. The molecule has 0 aliphatic heterocycles. The summed E-state index contributed by atoms with van der Waals surface area (Å²) in [4.78, 5) is 20.1. The lowest BCUT2D eigenvalue weighted by Gasteiger charge is -2.31. The molecule has 0 unspecified atom stereocenters. The maximum absolute atomic E-state index is 6.95. The van der Waals surface area contributed by atoms with Crippen LogP contribution in [0.1, 0.15) is 22.3 Å². The molecule has 0 saturated carbocycles. The van der Waals surface area contributed by atoms with Crippen LogP contribution in [0.2, 0.25) is 0 Å². The average molecular weight is 845 g/mol. The smallest absolute Gasteiger partial charge is 0.227 e. The van der Waals surface area contributed by atoms with Crippen LogP contribution in [-0.2, 0) is 5.41 Å². The molecule has 7 heteroatoms. The van der Waals surface area contributed by atoms with Crippen LogP contribution in [0.3, 0.4) is 0 Å². The second kappa shape index (κ2) is 13.1. The van der Waals surface area contributed by atoms with Gasteiger partial charge in [0, 0.05) is 43.8 Å². The van der Waals surface area contributed by atoms with Crippen LogP contribution < -0.4 is 0 Å². The quantitative estimate of drug-likeness (QED) is 0.174. The van der Waals surface area contributed by atoms with Crippen LogP contribution in [0, 0.1) is 0 Å². The number of aromatic nitrogens is 4. The molecular weight excluding hydrogens is 813 g/mol. The number of para-hydroxylation sites is 3. The van der Waals surface area contributed by atoms with Crippen LogP contribution in [-0.4, -0.2) is 19.9 Å². The Labute approximate surface area is 376 Å². The van der Waals surface area contributed by atoms with E-state index in [-0.39, 0.29) is 0 Å². The third-order valence-electron chi connectivity index (χ3n) is 13.8. The minimum atomic E-state index is -0.625. The van der Waals surface area contributed by atoms with Crippen molar-refractivity contribution in [3.8, 4) is 67.9 Å². The van der Waals surface area contributed by atoms with E-state index in [1.807, 2.05) is 84.9 Å². The summed E-state index contributed by atoms with van der Waals surface area (Å²) < 4.78 is 19.7. The number of rotatable bonds is 4. The second-order valence-corrected chi connectivity index (χ2v) is 17.2. The molecule has 66 heavy (non-hydrogen) atoms. The van der Waals surface area contributed by atoms with Crippen molar-refractivity contribution < 1.29 is 13.3 Å². The molecule has 15 rings (SSSR count). The zero-order valence-electron chi connectivity index (χ0n) is 35.0. The highest BCUT2D eigenvalue weighted by atomic mass is 16.3. The highest BCUT2D eigenvalue weighted by Gasteiger charge is 2.53. The van der Waals surface area contributed by atoms with Gasteiger partial charge in [-0.15, -0.1) is 0 Å². The van der Waals surface area contributed by atoms with Crippen molar-refractivity contribution >= 4 is 55.0 Å². The van der Waals surface area contributed by atoms with Crippen molar-refractivity contribution in [2.45, 2.75) is 5.41 Å². The first-order valence-corrected chi connectivity index (χ1v) is 22.1. The predicted molar refractivity (Wildman–Crippen MR) is 260 cm³/mol. The summed E-state index contributed by atoms with van der Waals surface area (Å²) in [7, 11) is 0. The highest BCUT2D eigenvalue weighted by molar-refractivity contribution is 6.16. The Morgan fingerprint density at radius 1 is 0.318 bits per heavy atom. The molecule has 0 amide bonds. The van der Waals surface area contributed by atoms with E-state index in [1.54, 1.807) is 0 Å². The molecule has 0 radical (unpaired) electrons. The van der Waals surface area contributed by atoms with Crippen molar-refractivity contribution in [2.24, 2.45) is 0 Å². The van der Waals surface area contributed by atoms with Crippen molar-refractivity contribution in [3.05, 3.63) is 216 Å². The molecule has 0 atom stereocenters. The van der Waals surface area contributed by atoms with Crippen LogP contribution in [0.4, 0.5) is 0 Å². The van der Waals surface area contributed by atoms with Crippen molar-refractivity contribution in [2.75, 3.05) is 0 Å². The number of furan rings is 2. The van der Waals surface area contributed by atoms with E-state index in [0.29, 0.717) is 23.4 Å². The number of benzene rings is 9. The Hall–Kier alpha value is -8.94. The van der Waals surface area contributed by atoms with Crippen LogP contribution >= 0.6 is 0 Å². The Kier molecular flexibility index (Phi) is 7.03. The van der Waals surface area contributed by atoms with Crippen LogP contribution in [0.15, 0.2) is 207 Å². The fourth-order valence-corrected chi connectivity index (χ4v) is 11.0. The van der Waals surface area contributed by atoms with Crippen molar-refractivity contribution in [1.29, 1.82) is 0 Å². The van der Waals surface area contributed by atoms with Crippen molar-refractivity contribution in [1.82, 2.24) is 19.9 Å². The maximum Gasteiger partial charge on any atom is 0.227 e. The monoisotopic (exact) mass is 844 g/mol. The summed E-state index contributed by atoms with van der Waals surface area (Å²) in [5.74, 6) is 2.18. The lowest BCUT2D eigenvalue weighted by molar-refractivity contribution is 0.620. The Morgan fingerprint density at radius 3 is 1.76 bits per heavy atom. The van der Waals surface area contributed by atoms with Gasteiger partial charge in [-0.3, -0.25) is 0 Å². The van der Waals surface area contributed by atoms with Gasteiger partial charge in [0.25, 0.3) is 0 Å². The van der Waals surface area contributed by atoms with E-state index < -0.39 is 5.41 Å². The molecule has 13 aromatic rings. The molecular formula is C59H32N4O3. The molecule has 0 fully saturated rings. The molecule has 2 aliphatic carbocycles. The molecule has 4 heterocycles. The SMILES string of the molecule is c1ccc(-c2nc(-c3cccc(-c4nc5ccccc5o4)c3)nc(-c3ccc4c(c3)oc3ccc5c(c34)C3(c4ccccc4-c4ccccc43)c3cc4oc6ccccc6c4cc3-5)n2)cc1. The lowest BCUT2D eigenvalue weighted by Crippen LogP contribution is -2.26. The van der Waals surface area contributed by atoms with Crippen molar-refractivity contribution in [3.63, 3.8) is 0 Å². The third-order valence-corrected chi connectivity index (χ3v) is 13.8. The van der Waals surface area contributed by atoms with Gasteiger partial charge in [0.15, 0.2) is 23.1 Å². The zero-order chi connectivity index (χ0) is 43.1.